The van der Waals surface area contributed by atoms with Gasteiger partial charge in [0.05, 0.1) is 0 Å². The topological polar surface area (TPSA) is 3.24 Å². The summed E-state index contributed by atoms with van der Waals surface area (Å²) in [5.41, 5.74) is 18.3. The highest BCUT2D eigenvalue weighted by Gasteiger charge is 2.35. The van der Waals surface area contributed by atoms with Crippen LogP contribution < -0.4 is 4.90 Å². The van der Waals surface area contributed by atoms with Crippen molar-refractivity contribution in [3.05, 3.63) is 236 Å². The van der Waals surface area contributed by atoms with Gasteiger partial charge in [-0.1, -0.05) is 202 Å². The van der Waals surface area contributed by atoms with E-state index in [1.165, 1.54) is 88.3 Å². The number of nitrogens with zero attached hydrogens (tertiary/aromatic N) is 1. The van der Waals surface area contributed by atoms with Crippen molar-refractivity contribution in [2.75, 3.05) is 4.90 Å². The van der Waals surface area contributed by atoms with Crippen molar-refractivity contribution < 1.29 is 0 Å². The highest BCUT2D eigenvalue weighted by Crippen LogP contribution is 2.51. The van der Waals surface area contributed by atoms with Gasteiger partial charge in [-0.25, -0.2) is 0 Å². The highest BCUT2D eigenvalue weighted by molar-refractivity contribution is 5.99. The SMILES string of the molecule is CC1(C)c2ccccc2-c2ccc(N(c3ccc(-c4cccc5ccccc45)cc3)c3ccc(-c4ccc(-c5cccc6ccccc56)cc4)c(-c4ccccc4)c3)cc21. The predicted molar refractivity (Wildman–Crippen MR) is 255 cm³/mol. The monoisotopic (exact) mass is 765 g/mol. The van der Waals surface area contributed by atoms with E-state index in [2.05, 4.69) is 243 Å². The van der Waals surface area contributed by atoms with Crippen LogP contribution in [0.1, 0.15) is 25.0 Å². The lowest BCUT2D eigenvalue weighted by atomic mass is 9.82. The molecule has 0 fully saturated rings. The Labute approximate surface area is 352 Å². The number of anilines is 3. The van der Waals surface area contributed by atoms with Gasteiger partial charge < -0.3 is 4.90 Å². The standard InChI is InChI=1S/C59H43N/c1-59(2)57-25-11-10-22-54(57)55-37-35-48(39-58(55)59)60(46-32-30-45(31-33-46)52-24-13-19-41-17-7-9-21-50(41)52)47-34-36-53(56(38-47)42-14-4-3-5-15-42)44-28-26-43(27-29-44)51-23-12-18-40-16-6-8-20-49(40)51/h3-39H,1-2H3. The van der Waals surface area contributed by atoms with E-state index in [-0.39, 0.29) is 5.41 Å². The van der Waals surface area contributed by atoms with E-state index in [0.29, 0.717) is 0 Å². The minimum Gasteiger partial charge on any atom is -0.310 e. The van der Waals surface area contributed by atoms with Crippen LogP contribution in [0.15, 0.2) is 224 Å². The van der Waals surface area contributed by atoms with E-state index in [0.717, 1.165) is 17.1 Å². The fraction of sp³-hybridized carbons (Fsp3) is 0.0508. The lowest BCUT2D eigenvalue weighted by molar-refractivity contribution is 0.660. The number of hydrogen-bond donors (Lipinski definition) is 0. The number of fused-ring (bicyclic) bond motifs is 5. The Balaban J connectivity index is 1.06. The third kappa shape index (κ3) is 6.01. The van der Waals surface area contributed by atoms with Gasteiger partial charge in [-0.3, -0.25) is 0 Å². The number of benzene rings is 10. The Morgan fingerprint density at radius 1 is 0.283 bits per heavy atom. The molecule has 0 unspecified atom stereocenters. The van der Waals surface area contributed by atoms with E-state index in [1.807, 2.05) is 0 Å². The van der Waals surface area contributed by atoms with Gasteiger partial charge in [0.2, 0.25) is 0 Å². The predicted octanol–water partition coefficient (Wildman–Crippen LogP) is 16.4. The lowest BCUT2D eigenvalue weighted by Crippen LogP contribution is -2.16. The summed E-state index contributed by atoms with van der Waals surface area (Å²) < 4.78 is 0. The zero-order valence-corrected chi connectivity index (χ0v) is 33.8. The molecule has 11 rings (SSSR count). The molecule has 0 atom stereocenters. The van der Waals surface area contributed by atoms with E-state index in [9.17, 15) is 0 Å². The van der Waals surface area contributed by atoms with Crippen LogP contribution in [0.4, 0.5) is 17.1 Å². The van der Waals surface area contributed by atoms with E-state index < -0.39 is 0 Å². The summed E-state index contributed by atoms with van der Waals surface area (Å²) >= 11 is 0. The second-order valence-electron chi connectivity index (χ2n) is 16.5. The Kier molecular flexibility index (Phi) is 8.57. The molecular weight excluding hydrogens is 723 g/mol. The molecule has 60 heavy (non-hydrogen) atoms. The van der Waals surface area contributed by atoms with Crippen molar-refractivity contribution in [3.8, 4) is 55.6 Å². The number of hydrogen-bond acceptors (Lipinski definition) is 1. The summed E-state index contributed by atoms with van der Waals surface area (Å²) in [6, 6.07) is 82.4. The van der Waals surface area contributed by atoms with Crippen LogP contribution in [-0.2, 0) is 5.41 Å². The van der Waals surface area contributed by atoms with Gasteiger partial charge in [-0.05, 0) is 125 Å². The molecule has 0 aliphatic heterocycles. The molecule has 10 aromatic rings. The maximum atomic E-state index is 2.44. The van der Waals surface area contributed by atoms with Gasteiger partial charge in [0.15, 0.2) is 0 Å². The van der Waals surface area contributed by atoms with Gasteiger partial charge in [-0.15, -0.1) is 0 Å². The fourth-order valence-electron chi connectivity index (χ4n) is 9.63. The molecule has 1 nitrogen and oxygen atoms in total. The molecule has 0 saturated carbocycles. The second-order valence-corrected chi connectivity index (χ2v) is 16.5. The van der Waals surface area contributed by atoms with E-state index in [4.69, 9.17) is 0 Å². The molecule has 0 aromatic heterocycles. The molecule has 0 radical (unpaired) electrons. The lowest BCUT2D eigenvalue weighted by Gasteiger charge is -2.29. The summed E-state index contributed by atoms with van der Waals surface area (Å²) in [6.07, 6.45) is 0. The maximum Gasteiger partial charge on any atom is 0.0468 e. The minimum atomic E-state index is -0.122. The average molecular weight is 766 g/mol. The van der Waals surface area contributed by atoms with Crippen LogP contribution in [-0.4, -0.2) is 0 Å². The summed E-state index contributed by atoms with van der Waals surface area (Å²) in [5.74, 6) is 0. The molecule has 0 N–H and O–H groups in total. The first-order valence-corrected chi connectivity index (χ1v) is 20.9. The van der Waals surface area contributed by atoms with Crippen molar-refractivity contribution in [1.82, 2.24) is 0 Å². The maximum absolute atomic E-state index is 2.44. The first kappa shape index (κ1) is 35.7. The molecule has 0 saturated heterocycles. The van der Waals surface area contributed by atoms with Gasteiger partial charge >= 0.3 is 0 Å². The smallest absolute Gasteiger partial charge is 0.0468 e. The normalized spacial score (nSPS) is 12.6. The van der Waals surface area contributed by atoms with Crippen LogP contribution in [0, 0.1) is 0 Å². The zero-order chi connectivity index (χ0) is 40.2. The third-order valence-corrected chi connectivity index (χ3v) is 12.7. The van der Waals surface area contributed by atoms with Crippen molar-refractivity contribution >= 4 is 38.6 Å². The fourth-order valence-corrected chi connectivity index (χ4v) is 9.63. The Morgan fingerprint density at radius 2 is 0.717 bits per heavy atom. The third-order valence-electron chi connectivity index (χ3n) is 12.7. The Morgan fingerprint density at radius 3 is 1.37 bits per heavy atom. The van der Waals surface area contributed by atoms with E-state index in [1.54, 1.807) is 0 Å². The molecule has 0 amide bonds. The van der Waals surface area contributed by atoms with Crippen molar-refractivity contribution in [1.29, 1.82) is 0 Å². The highest BCUT2D eigenvalue weighted by atomic mass is 15.1. The minimum absolute atomic E-state index is 0.122. The summed E-state index contributed by atoms with van der Waals surface area (Å²) in [4.78, 5) is 2.44. The molecule has 10 aromatic carbocycles. The van der Waals surface area contributed by atoms with Crippen LogP contribution >= 0.6 is 0 Å². The molecule has 1 heteroatoms. The summed E-state index contributed by atoms with van der Waals surface area (Å²) in [7, 11) is 0. The molecule has 284 valence electrons. The molecule has 1 aliphatic carbocycles. The average Bonchev–Trinajstić information content (AvgIpc) is 3.54. The van der Waals surface area contributed by atoms with Crippen LogP contribution in [0.5, 0.6) is 0 Å². The van der Waals surface area contributed by atoms with Gasteiger partial charge in [0.1, 0.15) is 0 Å². The molecule has 0 spiro atoms. The summed E-state index contributed by atoms with van der Waals surface area (Å²) in [5, 5.41) is 5.04. The van der Waals surface area contributed by atoms with Gasteiger partial charge in [0.25, 0.3) is 0 Å². The number of rotatable bonds is 7. The largest absolute Gasteiger partial charge is 0.310 e. The van der Waals surface area contributed by atoms with Crippen LogP contribution in [0.2, 0.25) is 0 Å². The quantitative estimate of drug-likeness (QED) is 0.156. The van der Waals surface area contributed by atoms with Crippen LogP contribution in [0.25, 0.3) is 77.2 Å². The van der Waals surface area contributed by atoms with Crippen molar-refractivity contribution in [3.63, 3.8) is 0 Å². The van der Waals surface area contributed by atoms with Crippen LogP contribution in [0.3, 0.4) is 0 Å². The first-order valence-electron chi connectivity index (χ1n) is 20.9. The molecular formula is C59H43N. The molecule has 0 bridgehead atoms. The van der Waals surface area contributed by atoms with Crippen molar-refractivity contribution in [2.24, 2.45) is 0 Å². The molecule has 1 aliphatic rings. The summed E-state index contributed by atoms with van der Waals surface area (Å²) in [6.45, 7) is 4.72. The molecule has 0 heterocycles. The first-order chi connectivity index (χ1) is 29.5. The van der Waals surface area contributed by atoms with Crippen molar-refractivity contribution in [2.45, 2.75) is 19.3 Å². The zero-order valence-electron chi connectivity index (χ0n) is 33.8. The van der Waals surface area contributed by atoms with Gasteiger partial charge in [-0.2, -0.15) is 0 Å². The Hall–Kier alpha value is -7.48. The Bertz CT molecular complexity index is 3200. The van der Waals surface area contributed by atoms with E-state index >= 15 is 0 Å². The second kappa shape index (κ2) is 14.4. The van der Waals surface area contributed by atoms with Gasteiger partial charge in [0, 0.05) is 22.5 Å².